The predicted octanol–water partition coefficient (Wildman–Crippen LogP) is 4.74. The lowest BCUT2D eigenvalue weighted by Gasteiger charge is -2.39. The summed E-state index contributed by atoms with van der Waals surface area (Å²) >= 11 is 12.9. The van der Waals surface area contributed by atoms with Crippen molar-refractivity contribution in [1.29, 1.82) is 0 Å². The summed E-state index contributed by atoms with van der Waals surface area (Å²) in [7, 11) is 0. The maximum atomic E-state index is 13.2. The van der Waals surface area contributed by atoms with Gasteiger partial charge in [-0.05, 0) is 37.1 Å². The van der Waals surface area contributed by atoms with Crippen molar-refractivity contribution in [3.63, 3.8) is 0 Å². The third kappa shape index (κ3) is 3.10. The summed E-state index contributed by atoms with van der Waals surface area (Å²) in [5, 5.41) is 4.50. The number of carbonyl (C=O) groups excluding carboxylic acids is 1. The first-order chi connectivity index (χ1) is 12.1. The van der Waals surface area contributed by atoms with E-state index in [0.29, 0.717) is 27.7 Å². The molecule has 2 aliphatic heterocycles. The van der Waals surface area contributed by atoms with Crippen LogP contribution in [0.2, 0.25) is 10.0 Å². The highest BCUT2D eigenvalue weighted by molar-refractivity contribution is 6.36. The molecule has 2 aliphatic rings. The van der Waals surface area contributed by atoms with E-state index in [1.165, 1.54) is 0 Å². The van der Waals surface area contributed by atoms with Gasteiger partial charge in [-0.1, -0.05) is 41.4 Å². The van der Waals surface area contributed by atoms with E-state index < -0.39 is 6.17 Å². The average Bonchev–Trinajstić information content (AvgIpc) is 3.11. The van der Waals surface area contributed by atoms with E-state index in [9.17, 15) is 4.79 Å². The Morgan fingerprint density at radius 1 is 1.12 bits per heavy atom. The van der Waals surface area contributed by atoms with Gasteiger partial charge in [0.2, 0.25) is 0 Å². The van der Waals surface area contributed by atoms with Gasteiger partial charge in [-0.2, -0.15) is 0 Å². The van der Waals surface area contributed by atoms with E-state index in [-0.39, 0.29) is 12.0 Å². The fraction of sp³-hybridized carbons (Fsp3) is 0.316. The monoisotopic (exact) mass is 376 g/mol. The summed E-state index contributed by atoms with van der Waals surface area (Å²) in [6.07, 6.45) is 1.59. The largest absolute Gasteiger partial charge is 0.376 e. The highest BCUT2D eigenvalue weighted by Crippen LogP contribution is 2.39. The molecule has 1 amide bonds. The molecule has 0 saturated carbocycles. The van der Waals surface area contributed by atoms with Gasteiger partial charge in [-0.3, -0.25) is 4.79 Å². The number of benzene rings is 2. The number of amides is 1. The number of anilines is 1. The summed E-state index contributed by atoms with van der Waals surface area (Å²) in [5.74, 6) is -0.0363. The Kier molecular flexibility index (Phi) is 4.59. The van der Waals surface area contributed by atoms with Crippen LogP contribution in [0.5, 0.6) is 0 Å². The molecule has 2 aromatic carbocycles. The quantitative estimate of drug-likeness (QED) is 0.840. The number of fused-ring (bicyclic) bond motifs is 1. The molecule has 0 aliphatic carbocycles. The Bertz CT molecular complexity index is 786. The highest BCUT2D eigenvalue weighted by Gasteiger charge is 2.36. The van der Waals surface area contributed by atoms with Crippen molar-refractivity contribution in [3.05, 3.63) is 63.6 Å². The molecule has 2 atom stereocenters. The summed E-state index contributed by atoms with van der Waals surface area (Å²) in [6.45, 7) is 1.25. The molecule has 0 unspecified atom stereocenters. The Balaban J connectivity index is 1.77. The maximum Gasteiger partial charge on any atom is 0.257 e. The first-order valence-electron chi connectivity index (χ1n) is 8.37. The fourth-order valence-electron chi connectivity index (χ4n) is 3.49. The molecular weight excluding hydrogens is 359 g/mol. The minimum absolute atomic E-state index is 0.0363. The number of nitrogens with one attached hydrogen (secondary N) is 1. The molecule has 1 saturated heterocycles. The van der Waals surface area contributed by atoms with Crippen molar-refractivity contribution in [2.24, 2.45) is 0 Å². The molecule has 0 spiro atoms. The van der Waals surface area contributed by atoms with Gasteiger partial charge in [-0.15, -0.1) is 0 Å². The van der Waals surface area contributed by atoms with Gasteiger partial charge in [0, 0.05) is 34.4 Å². The molecule has 1 fully saturated rings. The van der Waals surface area contributed by atoms with Crippen LogP contribution in [0.3, 0.4) is 0 Å². The number of hydrogen-bond donors (Lipinski definition) is 1. The second-order valence-electron chi connectivity index (χ2n) is 6.32. The molecule has 0 radical (unpaired) electrons. The summed E-state index contributed by atoms with van der Waals surface area (Å²) < 4.78 is 5.75. The van der Waals surface area contributed by atoms with Crippen LogP contribution in [0.4, 0.5) is 5.69 Å². The van der Waals surface area contributed by atoms with Crippen LogP contribution < -0.4 is 5.32 Å². The van der Waals surface area contributed by atoms with Gasteiger partial charge >= 0.3 is 0 Å². The van der Waals surface area contributed by atoms with Crippen LogP contribution in [0, 0.1) is 0 Å². The van der Waals surface area contributed by atoms with Gasteiger partial charge in [0.15, 0.2) is 0 Å². The van der Waals surface area contributed by atoms with Crippen molar-refractivity contribution in [3.8, 4) is 0 Å². The molecule has 0 aromatic heterocycles. The minimum atomic E-state index is -0.423. The van der Waals surface area contributed by atoms with E-state index in [2.05, 4.69) is 5.32 Å². The summed E-state index contributed by atoms with van der Waals surface area (Å²) in [6, 6.07) is 12.9. The molecule has 25 heavy (non-hydrogen) atoms. The lowest BCUT2D eigenvalue weighted by Crippen LogP contribution is -2.46. The van der Waals surface area contributed by atoms with Crippen molar-refractivity contribution >= 4 is 34.8 Å². The zero-order valence-electron chi connectivity index (χ0n) is 13.5. The summed E-state index contributed by atoms with van der Waals surface area (Å²) in [4.78, 5) is 14.9. The van der Waals surface area contributed by atoms with E-state index in [4.69, 9.17) is 27.9 Å². The van der Waals surface area contributed by atoms with Crippen molar-refractivity contribution in [2.45, 2.75) is 25.1 Å². The highest BCUT2D eigenvalue weighted by atomic mass is 35.5. The smallest absolute Gasteiger partial charge is 0.257 e. The fourth-order valence-corrected chi connectivity index (χ4v) is 4.09. The molecule has 0 bridgehead atoms. The van der Waals surface area contributed by atoms with Crippen molar-refractivity contribution in [1.82, 2.24) is 4.90 Å². The van der Waals surface area contributed by atoms with Crippen LogP contribution in [0.25, 0.3) is 0 Å². The SMILES string of the molecule is O=C1c2ccccc2N[C@H](c2c(Cl)cccc2Cl)N1C[C@H]1CCCO1. The van der Waals surface area contributed by atoms with E-state index in [1.807, 2.05) is 24.3 Å². The van der Waals surface area contributed by atoms with Gasteiger partial charge in [0.1, 0.15) is 6.17 Å². The van der Waals surface area contributed by atoms with Crippen LogP contribution in [0.15, 0.2) is 42.5 Å². The molecule has 2 aromatic rings. The van der Waals surface area contributed by atoms with Crippen molar-refractivity contribution in [2.75, 3.05) is 18.5 Å². The third-order valence-corrected chi connectivity index (χ3v) is 5.38. The van der Waals surface area contributed by atoms with Gasteiger partial charge in [-0.25, -0.2) is 0 Å². The topological polar surface area (TPSA) is 41.6 Å². The zero-order chi connectivity index (χ0) is 17.4. The van der Waals surface area contributed by atoms with Crippen LogP contribution in [0.1, 0.15) is 34.9 Å². The molecule has 130 valence electrons. The van der Waals surface area contributed by atoms with Crippen LogP contribution in [-0.2, 0) is 4.74 Å². The molecular formula is C19H18Cl2N2O2. The first kappa shape index (κ1) is 16.7. The number of hydrogen-bond acceptors (Lipinski definition) is 3. The maximum absolute atomic E-state index is 13.2. The summed E-state index contributed by atoms with van der Waals surface area (Å²) in [5.41, 5.74) is 2.16. The standard InChI is InChI=1S/C19H18Cl2N2O2/c20-14-7-3-8-15(21)17(14)18-22-16-9-2-1-6-13(16)19(24)23(18)11-12-5-4-10-25-12/h1-3,6-9,12,18,22H,4-5,10-11H2/t12-,18+/m1/s1. The Morgan fingerprint density at radius 3 is 2.60 bits per heavy atom. The van der Waals surface area contributed by atoms with Gasteiger partial charge in [0.05, 0.1) is 11.7 Å². The minimum Gasteiger partial charge on any atom is -0.376 e. The van der Waals surface area contributed by atoms with E-state index in [1.54, 1.807) is 23.1 Å². The van der Waals surface area contributed by atoms with Gasteiger partial charge < -0.3 is 15.0 Å². The van der Waals surface area contributed by atoms with Crippen LogP contribution in [-0.4, -0.2) is 30.1 Å². The molecule has 4 nitrogen and oxygen atoms in total. The van der Waals surface area contributed by atoms with E-state index >= 15 is 0 Å². The van der Waals surface area contributed by atoms with Gasteiger partial charge in [0.25, 0.3) is 5.91 Å². The average molecular weight is 377 g/mol. The molecule has 6 heteroatoms. The van der Waals surface area contributed by atoms with Crippen molar-refractivity contribution < 1.29 is 9.53 Å². The number of carbonyl (C=O) groups is 1. The normalized spacial score (nSPS) is 22.6. The first-order valence-corrected chi connectivity index (χ1v) is 9.13. The van der Waals surface area contributed by atoms with Crippen LogP contribution >= 0.6 is 23.2 Å². The Morgan fingerprint density at radius 2 is 1.88 bits per heavy atom. The lowest BCUT2D eigenvalue weighted by atomic mass is 10.0. The predicted molar refractivity (Wildman–Crippen MR) is 99.3 cm³/mol. The molecule has 2 heterocycles. The third-order valence-electron chi connectivity index (χ3n) is 4.72. The number of halogens is 2. The second kappa shape index (κ2) is 6.87. The lowest BCUT2D eigenvalue weighted by molar-refractivity contribution is 0.0427. The number of para-hydroxylation sites is 1. The van der Waals surface area contributed by atoms with E-state index in [0.717, 1.165) is 25.1 Å². The number of nitrogens with zero attached hydrogens (tertiary/aromatic N) is 1. The number of rotatable bonds is 3. The molecule has 1 N–H and O–H groups in total. The Labute approximate surface area is 156 Å². The second-order valence-corrected chi connectivity index (χ2v) is 7.13. The Hall–Kier alpha value is -1.75. The zero-order valence-corrected chi connectivity index (χ0v) is 15.1. The number of ether oxygens (including phenoxy) is 1. The molecule has 4 rings (SSSR count).